The summed E-state index contributed by atoms with van der Waals surface area (Å²) < 4.78 is 0. The van der Waals surface area contributed by atoms with Gasteiger partial charge in [0.05, 0.1) is 0 Å². The van der Waals surface area contributed by atoms with Crippen molar-refractivity contribution in [3.63, 3.8) is 0 Å². The quantitative estimate of drug-likeness (QED) is 0.178. The molecule has 0 spiro atoms. The molecule has 0 amide bonds. The Bertz CT molecular complexity index is 2760. The zero-order valence-electron chi connectivity index (χ0n) is 28.2. The lowest BCUT2D eigenvalue weighted by atomic mass is 9.88. The van der Waals surface area contributed by atoms with Gasteiger partial charge < -0.3 is 0 Å². The van der Waals surface area contributed by atoms with Crippen molar-refractivity contribution in [2.24, 2.45) is 0 Å². The molecular formula is C49H31N3. The van der Waals surface area contributed by atoms with Crippen molar-refractivity contribution in [3.05, 3.63) is 188 Å². The zero-order chi connectivity index (χ0) is 34.4. The summed E-state index contributed by atoms with van der Waals surface area (Å²) in [5.41, 5.74) is 14.9. The molecule has 1 aliphatic rings. The molecule has 52 heavy (non-hydrogen) atoms. The molecule has 0 saturated heterocycles. The molecule has 9 aromatic rings. The van der Waals surface area contributed by atoms with Crippen molar-refractivity contribution in [2.45, 2.75) is 0 Å². The van der Waals surface area contributed by atoms with Gasteiger partial charge in [0.1, 0.15) is 0 Å². The van der Waals surface area contributed by atoms with Gasteiger partial charge in [-0.05, 0) is 72.5 Å². The molecular weight excluding hydrogens is 631 g/mol. The standard InChI is InChI=1S/C49H31N3/c1-3-15-32(16-4-1)34-19-13-20-35(31-34)48-50-47(33-17-5-2-6-18-33)51-49(52-48)45-26-12-11-25-40(45)36-21-7-8-22-37(36)41-29-30-44-39-24-10-9-23-38(39)42-27-14-28-43(41)46(42)44/h1-31H. The average Bonchev–Trinajstić information content (AvgIpc) is 3.56. The van der Waals surface area contributed by atoms with Gasteiger partial charge in [0.25, 0.3) is 0 Å². The Morgan fingerprint density at radius 1 is 0.231 bits per heavy atom. The molecule has 0 N–H and O–H groups in total. The number of fused-ring (bicyclic) bond motifs is 3. The molecule has 0 fully saturated rings. The van der Waals surface area contributed by atoms with E-state index in [-0.39, 0.29) is 0 Å². The summed E-state index contributed by atoms with van der Waals surface area (Å²) in [5, 5.41) is 2.57. The zero-order valence-corrected chi connectivity index (χ0v) is 28.2. The number of aromatic nitrogens is 3. The molecule has 0 unspecified atom stereocenters. The van der Waals surface area contributed by atoms with Crippen LogP contribution in [-0.4, -0.2) is 15.0 Å². The fraction of sp³-hybridized carbons (Fsp3) is 0. The summed E-state index contributed by atoms with van der Waals surface area (Å²) in [4.78, 5) is 15.4. The van der Waals surface area contributed by atoms with Crippen molar-refractivity contribution in [1.29, 1.82) is 0 Å². The maximum absolute atomic E-state index is 5.20. The van der Waals surface area contributed by atoms with Crippen molar-refractivity contribution in [2.75, 3.05) is 0 Å². The molecule has 0 radical (unpaired) electrons. The van der Waals surface area contributed by atoms with E-state index in [1.807, 2.05) is 24.3 Å². The molecule has 0 aliphatic heterocycles. The minimum Gasteiger partial charge on any atom is -0.208 e. The van der Waals surface area contributed by atoms with E-state index in [0.29, 0.717) is 17.5 Å². The predicted molar refractivity (Wildman–Crippen MR) is 214 cm³/mol. The molecule has 242 valence electrons. The second kappa shape index (κ2) is 12.4. The first-order valence-corrected chi connectivity index (χ1v) is 17.6. The molecule has 1 aliphatic carbocycles. The van der Waals surface area contributed by atoms with E-state index in [1.165, 1.54) is 44.2 Å². The molecule has 0 saturated carbocycles. The first kappa shape index (κ1) is 29.9. The van der Waals surface area contributed by atoms with Gasteiger partial charge in [-0.3, -0.25) is 0 Å². The third kappa shape index (κ3) is 5.02. The first-order chi connectivity index (χ1) is 25.8. The van der Waals surface area contributed by atoms with E-state index in [4.69, 9.17) is 15.0 Å². The van der Waals surface area contributed by atoms with Crippen LogP contribution in [0.4, 0.5) is 0 Å². The fourth-order valence-electron chi connectivity index (χ4n) is 7.72. The Morgan fingerprint density at radius 2 is 0.635 bits per heavy atom. The topological polar surface area (TPSA) is 38.7 Å². The Hall–Kier alpha value is -6.97. The summed E-state index contributed by atoms with van der Waals surface area (Å²) in [6.07, 6.45) is 0. The van der Waals surface area contributed by atoms with Gasteiger partial charge in [-0.25, -0.2) is 15.0 Å². The van der Waals surface area contributed by atoms with Crippen LogP contribution in [0.2, 0.25) is 0 Å². The van der Waals surface area contributed by atoms with Crippen LogP contribution in [-0.2, 0) is 0 Å². The second-order valence-electron chi connectivity index (χ2n) is 13.1. The lowest BCUT2D eigenvalue weighted by Crippen LogP contribution is -2.01. The Morgan fingerprint density at radius 3 is 1.31 bits per heavy atom. The monoisotopic (exact) mass is 661 g/mol. The minimum atomic E-state index is 0.634. The van der Waals surface area contributed by atoms with Crippen LogP contribution < -0.4 is 0 Å². The first-order valence-electron chi connectivity index (χ1n) is 17.6. The van der Waals surface area contributed by atoms with Crippen LogP contribution in [0, 0.1) is 0 Å². The summed E-state index contributed by atoms with van der Waals surface area (Å²) in [5.74, 6) is 1.91. The average molecular weight is 662 g/mol. The van der Waals surface area contributed by atoms with Crippen molar-refractivity contribution in [1.82, 2.24) is 15.0 Å². The molecule has 3 nitrogen and oxygen atoms in total. The van der Waals surface area contributed by atoms with E-state index < -0.39 is 0 Å². The summed E-state index contributed by atoms with van der Waals surface area (Å²) >= 11 is 0. The maximum atomic E-state index is 5.20. The molecule has 3 heteroatoms. The molecule has 8 aromatic carbocycles. The number of hydrogen-bond donors (Lipinski definition) is 0. The van der Waals surface area contributed by atoms with E-state index >= 15 is 0 Å². The molecule has 0 atom stereocenters. The van der Waals surface area contributed by atoms with Crippen LogP contribution >= 0.6 is 0 Å². The smallest absolute Gasteiger partial charge is 0.164 e. The fourth-order valence-corrected chi connectivity index (χ4v) is 7.72. The normalized spacial score (nSPS) is 11.5. The van der Waals surface area contributed by atoms with Crippen LogP contribution in [0.15, 0.2) is 188 Å². The van der Waals surface area contributed by atoms with Gasteiger partial charge in [0, 0.05) is 16.7 Å². The van der Waals surface area contributed by atoms with Crippen molar-refractivity contribution < 1.29 is 0 Å². The summed E-state index contributed by atoms with van der Waals surface area (Å²) in [6, 6.07) is 66.3. The highest BCUT2D eigenvalue weighted by Gasteiger charge is 2.24. The van der Waals surface area contributed by atoms with E-state index in [2.05, 4.69) is 164 Å². The summed E-state index contributed by atoms with van der Waals surface area (Å²) in [6.45, 7) is 0. The van der Waals surface area contributed by atoms with Gasteiger partial charge in [-0.1, -0.05) is 182 Å². The molecule has 1 aromatic heterocycles. The van der Waals surface area contributed by atoms with Gasteiger partial charge in [-0.15, -0.1) is 0 Å². The second-order valence-corrected chi connectivity index (χ2v) is 13.1. The number of benzene rings is 8. The van der Waals surface area contributed by atoms with Crippen LogP contribution in [0.1, 0.15) is 0 Å². The van der Waals surface area contributed by atoms with Crippen LogP contribution in [0.3, 0.4) is 0 Å². The summed E-state index contributed by atoms with van der Waals surface area (Å²) in [7, 11) is 0. The van der Waals surface area contributed by atoms with Gasteiger partial charge in [0.15, 0.2) is 17.5 Å². The van der Waals surface area contributed by atoms with E-state index in [0.717, 1.165) is 38.9 Å². The molecule has 10 rings (SSSR count). The highest BCUT2D eigenvalue weighted by molar-refractivity contribution is 6.19. The predicted octanol–water partition coefficient (Wildman–Crippen LogP) is 12.7. The van der Waals surface area contributed by atoms with E-state index in [9.17, 15) is 0 Å². The van der Waals surface area contributed by atoms with Crippen molar-refractivity contribution >= 4 is 10.8 Å². The third-order valence-electron chi connectivity index (χ3n) is 10.1. The van der Waals surface area contributed by atoms with Crippen LogP contribution in [0.25, 0.3) is 101 Å². The molecule has 0 bridgehead atoms. The number of rotatable bonds is 6. The number of hydrogen-bond acceptors (Lipinski definition) is 3. The Kier molecular flexibility index (Phi) is 7.14. The Labute approximate surface area is 302 Å². The lowest BCUT2D eigenvalue weighted by molar-refractivity contribution is 1.07. The van der Waals surface area contributed by atoms with Gasteiger partial charge in [-0.2, -0.15) is 0 Å². The van der Waals surface area contributed by atoms with Crippen LogP contribution in [0.5, 0.6) is 0 Å². The van der Waals surface area contributed by atoms with Gasteiger partial charge in [0.2, 0.25) is 0 Å². The van der Waals surface area contributed by atoms with Crippen molar-refractivity contribution in [3.8, 4) is 89.8 Å². The van der Waals surface area contributed by atoms with E-state index in [1.54, 1.807) is 0 Å². The minimum absolute atomic E-state index is 0.634. The highest BCUT2D eigenvalue weighted by atomic mass is 15.0. The highest BCUT2D eigenvalue weighted by Crippen LogP contribution is 2.50. The largest absolute Gasteiger partial charge is 0.208 e. The SMILES string of the molecule is c1ccc(-c2cccc(-c3nc(-c4ccccc4)nc(-c4ccccc4-c4ccccc4-c4ccc5c6c(cccc46)-c4ccccc4-5)n3)c2)cc1. The maximum Gasteiger partial charge on any atom is 0.164 e. The third-order valence-corrected chi connectivity index (χ3v) is 10.1. The molecule has 1 heterocycles. The van der Waals surface area contributed by atoms with Gasteiger partial charge >= 0.3 is 0 Å². The Balaban J connectivity index is 1.15. The lowest BCUT2D eigenvalue weighted by Gasteiger charge is -2.17. The number of nitrogens with zero attached hydrogens (tertiary/aromatic N) is 3.